The Kier molecular flexibility index (Phi) is 6.56. The maximum atomic E-state index is 16.6. The molecule has 4 aliphatic heterocycles. The number of nitrogens with two attached hydrogens (primary N) is 1. The molecule has 3 aromatic rings. The van der Waals surface area contributed by atoms with Crippen LogP contribution in [0, 0.1) is 18.2 Å². The first-order valence-electron chi connectivity index (χ1n) is 15.4. The van der Waals surface area contributed by atoms with Gasteiger partial charge in [0.2, 0.25) is 5.88 Å². The zero-order chi connectivity index (χ0) is 31.2. The Labute approximate surface area is 256 Å². The van der Waals surface area contributed by atoms with Crippen molar-refractivity contribution in [2.24, 2.45) is 5.41 Å². The highest BCUT2D eigenvalue weighted by atomic mass is 19.4. The average Bonchev–Trinajstić information content (AvgIpc) is 3.81. The smallest absolute Gasteiger partial charge is 0.418 e. The fraction of sp³-hybridized carbons (Fsp3) is 0.600. The van der Waals surface area contributed by atoms with Gasteiger partial charge in [-0.3, -0.25) is 4.90 Å². The molecule has 45 heavy (non-hydrogen) atoms. The molecule has 0 amide bonds. The Hall–Kier alpha value is -3.56. The number of anilines is 2. The first-order valence-corrected chi connectivity index (χ1v) is 15.4. The largest absolute Gasteiger partial charge is 0.474 e. The Morgan fingerprint density at radius 1 is 1.16 bits per heavy atom. The van der Waals surface area contributed by atoms with E-state index in [4.69, 9.17) is 19.9 Å². The van der Waals surface area contributed by atoms with Gasteiger partial charge in [0.25, 0.3) is 0 Å². The summed E-state index contributed by atoms with van der Waals surface area (Å²) in [5, 5.41) is 6.78. The third kappa shape index (κ3) is 5.27. The second kappa shape index (κ2) is 10.2. The Balaban J connectivity index is 1.21. The van der Waals surface area contributed by atoms with E-state index >= 15 is 4.39 Å². The number of alkyl halides is 3. The molecule has 3 aromatic heterocycles. The van der Waals surface area contributed by atoms with Gasteiger partial charge in [-0.05, 0) is 39.2 Å². The van der Waals surface area contributed by atoms with Crippen LogP contribution in [-0.4, -0.2) is 88.0 Å². The summed E-state index contributed by atoms with van der Waals surface area (Å²) in [6.45, 7) is 6.36. The van der Waals surface area contributed by atoms with Crippen LogP contribution in [0.4, 0.5) is 29.2 Å². The number of hydrogen-bond donors (Lipinski definition) is 3. The summed E-state index contributed by atoms with van der Waals surface area (Å²) < 4.78 is 77.6. The quantitative estimate of drug-likeness (QED) is 0.271. The molecule has 3 saturated heterocycles. The molecule has 1 saturated carbocycles. The lowest BCUT2D eigenvalue weighted by molar-refractivity contribution is -0.137. The molecular formula is C30H34F4N8O3. The van der Waals surface area contributed by atoms with Crippen molar-refractivity contribution in [2.75, 3.05) is 43.9 Å². The lowest BCUT2D eigenvalue weighted by atomic mass is 10.0. The van der Waals surface area contributed by atoms with Gasteiger partial charge in [-0.2, -0.15) is 23.1 Å². The fourth-order valence-electron chi connectivity index (χ4n) is 7.12. The molecule has 5 atom stereocenters. The van der Waals surface area contributed by atoms with Crippen LogP contribution in [0.2, 0.25) is 0 Å². The van der Waals surface area contributed by atoms with E-state index < -0.39 is 34.5 Å². The highest BCUT2D eigenvalue weighted by Crippen LogP contribution is 2.49. The van der Waals surface area contributed by atoms with E-state index in [-0.39, 0.29) is 58.0 Å². The van der Waals surface area contributed by atoms with Gasteiger partial charge in [0.05, 0.1) is 36.7 Å². The van der Waals surface area contributed by atoms with Crippen LogP contribution in [0.25, 0.3) is 22.2 Å². The molecule has 7 heterocycles. The van der Waals surface area contributed by atoms with Crippen molar-refractivity contribution in [1.82, 2.24) is 30.2 Å². The molecule has 0 spiro atoms. The maximum absolute atomic E-state index is 16.6. The summed E-state index contributed by atoms with van der Waals surface area (Å²) in [4.78, 5) is 19.6. The van der Waals surface area contributed by atoms with Crippen LogP contribution in [0.3, 0.4) is 0 Å². The minimum absolute atomic E-state index is 0.0677. The molecule has 1 aliphatic carbocycles. The van der Waals surface area contributed by atoms with Crippen molar-refractivity contribution in [3.63, 3.8) is 0 Å². The van der Waals surface area contributed by atoms with Crippen LogP contribution in [-0.2, 0) is 10.9 Å². The molecule has 5 aliphatic rings. The molecule has 0 aromatic carbocycles. The van der Waals surface area contributed by atoms with E-state index in [9.17, 15) is 13.2 Å². The number of rotatable bonds is 6. The number of hydrogen-bond acceptors (Lipinski definition) is 11. The second-order valence-electron chi connectivity index (χ2n) is 13.2. The van der Waals surface area contributed by atoms with E-state index in [0.717, 1.165) is 45.0 Å². The number of ether oxygens (including phenoxy) is 3. The molecule has 240 valence electrons. The number of aryl methyl sites for hydroxylation is 1. The van der Waals surface area contributed by atoms with Crippen molar-refractivity contribution in [2.45, 2.75) is 76.0 Å². The molecule has 2 unspecified atom stereocenters. The normalized spacial score (nSPS) is 28.4. The molecule has 2 bridgehead atoms. The SMILES string of the molecule is Cc1nc(N)cc(-c2nc3c4c(nc(OCC5(CN6C[C@@H]7C[C@H]6CO7)CC5)nc4c2F)NCC2NC2C[C@H](C)O3)c1C(F)(F)F. The number of nitrogens with one attached hydrogen (secondary N) is 2. The summed E-state index contributed by atoms with van der Waals surface area (Å²) in [5.74, 6) is -1.10. The number of likely N-dealkylation sites (tertiary alicyclic amines) is 1. The van der Waals surface area contributed by atoms with Crippen LogP contribution in [0.1, 0.15) is 43.9 Å². The standard InChI is InChI=1S/C30H34F4N8O3/c1-13-5-18-19(38-18)8-36-26-21-25(40-28(41-26)44-12-29(3-4-29)11-42-9-16-6-15(42)10-43-16)23(31)24(39-27(21)45-13)17-7-20(35)37-14(2)22(17)30(32,33)34/h7,13,15-16,18-19,38H,3-6,8-12H2,1-2H3,(H2,35,37)(H,36,40,41)/t13-,15-,16-,18?,19?/m0/s1. The van der Waals surface area contributed by atoms with Crippen LogP contribution in [0.5, 0.6) is 11.9 Å². The number of fused-ring (bicyclic) bond motifs is 3. The molecule has 8 rings (SSSR count). The first-order chi connectivity index (χ1) is 21.5. The number of pyridine rings is 2. The molecular weight excluding hydrogens is 596 g/mol. The van der Waals surface area contributed by atoms with Gasteiger partial charge in [0.15, 0.2) is 5.82 Å². The topological polar surface area (TPSA) is 142 Å². The Morgan fingerprint density at radius 2 is 1.98 bits per heavy atom. The summed E-state index contributed by atoms with van der Waals surface area (Å²) in [6, 6.07) is 1.67. The van der Waals surface area contributed by atoms with Gasteiger partial charge >= 0.3 is 12.2 Å². The van der Waals surface area contributed by atoms with E-state index in [1.165, 1.54) is 6.92 Å². The molecule has 4 N–H and O–H groups in total. The zero-order valence-electron chi connectivity index (χ0n) is 24.9. The van der Waals surface area contributed by atoms with E-state index in [2.05, 4.69) is 35.5 Å². The van der Waals surface area contributed by atoms with Gasteiger partial charge in [-0.1, -0.05) is 0 Å². The Bertz CT molecular complexity index is 1690. The molecule has 0 radical (unpaired) electrons. The maximum Gasteiger partial charge on any atom is 0.418 e. The predicted octanol–water partition coefficient (Wildman–Crippen LogP) is 3.69. The zero-order valence-corrected chi connectivity index (χ0v) is 24.9. The molecule has 15 heteroatoms. The summed E-state index contributed by atoms with van der Waals surface area (Å²) in [6.07, 6.45) is -1.30. The van der Waals surface area contributed by atoms with Gasteiger partial charge < -0.3 is 30.6 Å². The minimum Gasteiger partial charge on any atom is -0.474 e. The van der Waals surface area contributed by atoms with Crippen molar-refractivity contribution in [1.29, 1.82) is 0 Å². The highest BCUT2D eigenvalue weighted by Gasteiger charge is 2.49. The van der Waals surface area contributed by atoms with Crippen LogP contribution < -0.4 is 25.8 Å². The number of nitrogen functional groups attached to an aromatic ring is 1. The number of morpholine rings is 1. The second-order valence-corrected chi connectivity index (χ2v) is 13.2. The van der Waals surface area contributed by atoms with Crippen molar-refractivity contribution in [3.8, 4) is 23.1 Å². The van der Waals surface area contributed by atoms with Crippen molar-refractivity contribution < 1.29 is 31.8 Å². The third-order valence-corrected chi connectivity index (χ3v) is 9.70. The average molecular weight is 631 g/mol. The van der Waals surface area contributed by atoms with E-state index in [0.29, 0.717) is 31.7 Å². The Morgan fingerprint density at radius 3 is 2.69 bits per heavy atom. The van der Waals surface area contributed by atoms with Gasteiger partial charge in [-0.15, -0.1) is 0 Å². The summed E-state index contributed by atoms with van der Waals surface area (Å²) in [7, 11) is 0. The lowest BCUT2D eigenvalue weighted by Gasteiger charge is -2.30. The number of aromatic nitrogens is 4. The highest BCUT2D eigenvalue weighted by molar-refractivity contribution is 5.96. The minimum atomic E-state index is -4.85. The van der Waals surface area contributed by atoms with Gasteiger partial charge in [0, 0.05) is 55.2 Å². The number of halogens is 4. The van der Waals surface area contributed by atoms with Crippen LogP contribution >= 0.6 is 0 Å². The van der Waals surface area contributed by atoms with E-state index in [1.807, 2.05) is 6.92 Å². The predicted molar refractivity (Wildman–Crippen MR) is 155 cm³/mol. The van der Waals surface area contributed by atoms with Gasteiger partial charge in [0.1, 0.15) is 28.2 Å². The van der Waals surface area contributed by atoms with Gasteiger partial charge in [-0.25, -0.2) is 14.4 Å². The van der Waals surface area contributed by atoms with E-state index in [1.54, 1.807) is 0 Å². The monoisotopic (exact) mass is 630 g/mol. The molecule has 11 nitrogen and oxygen atoms in total. The lowest BCUT2D eigenvalue weighted by Crippen LogP contribution is -2.42. The number of nitrogens with zero attached hydrogens (tertiary/aromatic N) is 5. The van der Waals surface area contributed by atoms with Crippen LogP contribution in [0.15, 0.2) is 6.07 Å². The summed E-state index contributed by atoms with van der Waals surface area (Å²) >= 11 is 0. The third-order valence-electron chi connectivity index (χ3n) is 9.70. The van der Waals surface area contributed by atoms with Crippen molar-refractivity contribution in [3.05, 3.63) is 23.1 Å². The fourth-order valence-corrected chi connectivity index (χ4v) is 7.12. The van der Waals surface area contributed by atoms with Crippen molar-refractivity contribution >= 4 is 22.5 Å². The molecule has 4 fully saturated rings. The summed E-state index contributed by atoms with van der Waals surface area (Å²) in [5.41, 5.74) is 2.88. The first kappa shape index (κ1) is 28.9.